The number of aromatic carboxylic acids is 2. The second-order valence-corrected chi connectivity index (χ2v) is 5.06. The van der Waals surface area contributed by atoms with Crippen molar-refractivity contribution in [1.82, 2.24) is 0 Å². The summed E-state index contributed by atoms with van der Waals surface area (Å²) in [6, 6.07) is 4.11. The Morgan fingerprint density at radius 2 is 0.962 bits per heavy atom. The second kappa shape index (κ2) is 6.36. The molecule has 4 nitrogen and oxygen atoms in total. The van der Waals surface area contributed by atoms with E-state index < -0.39 is 57.7 Å². The van der Waals surface area contributed by atoms with E-state index in [1.54, 1.807) is 0 Å². The van der Waals surface area contributed by atoms with Crippen LogP contribution in [0.2, 0.25) is 0 Å². The predicted molar refractivity (Wildman–Crippen MR) is 75.8 cm³/mol. The fourth-order valence-corrected chi connectivity index (χ4v) is 2.49. The smallest absolute Gasteiger partial charge is 0.417 e. The number of hydrogen-bond acceptors (Lipinski definition) is 2. The Morgan fingerprint density at radius 1 is 0.654 bits per heavy atom. The number of halogens is 6. The van der Waals surface area contributed by atoms with E-state index in [9.17, 15) is 35.9 Å². The van der Waals surface area contributed by atoms with Gasteiger partial charge in [-0.2, -0.15) is 26.3 Å². The third-order valence-corrected chi connectivity index (χ3v) is 3.46. The Bertz CT molecular complexity index is 810. The van der Waals surface area contributed by atoms with Crippen LogP contribution in [0.5, 0.6) is 0 Å². The van der Waals surface area contributed by atoms with Gasteiger partial charge in [0.25, 0.3) is 0 Å². The second-order valence-electron chi connectivity index (χ2n) is 5.06. The molecular formula is C16H8F6O4. The molecule has 26 heavy (non-hydrogen) atoms. The van der Waals surface area contributed by atoms with Crippen molar-refractivity contribution in [2.24, 2.45) is 0 Å². The van der Waals surface area contributed by atoms with Crippen molar-refractivity contribution < 1.29 is 46.1 Å². The van der Waals surface area contributed by atoms with Gasteiger partial charge in [-0.1, -0.05) is 24.3 Å². The first-order valence-corrected chi connectivity index (χ1v) is 6.73. The quantitative estimate of drug-likeness (QED) is 0.754. The molecule has 0 heterocycles. The number of benzene rings is 2. The van der Waals surface area contributed by atoms with Gasteiger partial charge in [-0.3, -0.25) is 0 Å². The maximum absolute atomic E-state index is 13.1. The van der Waals surface area contributed by atoms with Crippen molar-refractivity contribution >= 4 is 11.9 Å². The first kappa shape index (κ1) is 19.3. The van der Waals surface area contributed by atoms with Gasteiger partial charge in [0.05, 0.1) is 22.3 Å². The predicted octanol–water partition coefficient (Wildman–Crippen LogP) is 4.79. The Balaban J connectivity index is 2.95. The Hall–Kier alpha value is -3.04. The van der Waals surface area contributed by atoms with Gasteiger partial charge >= 0.3 is 24.3 Å². The molecule has 0 spiro atoms. The maximum Gasteiger partial charge on any atom is 0.417 e. The van der Waals surface area contributed by atoms with Crippen molar-refractivity contribution in [3.8, 4) is 11.1 Å². The van der Waals surface area contributed by atoms with Gasteiger partial charge in [-0.05, 0) is 23.3 Å². The minimum atomic E-state index is -5.10. The van der Waals surface area contributed by atoms with Crippen molar-refractivity contribution in [3.63, 3.8) is 0 Å². The molecular weight excluding hydrogens is 370 g/mol. The summed E-state index contributed by atoms with van der Waals surface area (Å²) >= 11 is 0. The molecule has 2 N–H and O–H groups in total. The zero-order valence-electron chi connectivity index (χ0n) is 12.4. The number of alkyl halides is 6. The highest BCUT2D eigenvalue weighted by atomic mass is 19.4. The summed E-state index contributed by atoms with van der Waals surface area (Å²) < 4.78 is 78.4. The average Bonchev–Trinajstić information content (AvgIpc) is 2.51. The number of carbonyl (C=O) groups is 2. The molecule has 2 aromatic carbocycles. The third-order valence-electron chi connectivity index (χ3n) is 3.46. The van der Waals surface area contributed by atoms with Crippen LogP contribution in [0.15, 0.2) is 36.4 Å². The lowest BCUT2D eigenvalue weighted by Crippen LogP contribution is -2.17. The first-order valence-electron chi connectivity index (χ1n) is 6.73. The summed E-state index contributed by atoms with van der Waals surface area (Å²) in [7, 11) is 0. The van der Waals surface area contributed by atoms with Crippen LogP contribution in [-0.4, -0.2) is 22.2 Å². The number of carboxylic acid groups (broad SMARTS) is 2. The van der Waals surface area contributed by atoms with Crippen LogP contribution in [0.1, 0.15) is 31.8 Å². The molecule has 0 atom stereocenters. The Kier molecular flexibility index (Phi) is 4.71. The van der Waals surface area contributed by atoms with Crippen LogP contribution in [0, 0.1) is 0 Å². The highest BCUT2D eigenvalue weighted by Crippen LogP contribution is 2.41. The minimum Gasteiger partial charge on any atom is -0.478 e. The van der Waals surface area contributed by atoms with Crippen LogP contribution in [0.25, 0.3) is 11.1 Å². The van der Waals surface area contributed by atoms with E-state index in [0.29, 0.717) is 12.1 Å². The standard InChI is InChI=1S/C16H8F6O4/c17-15(18,19)9-5-1-3-7(11(9)13(23)24)8-4-2-6-10(16(20,21)22)12(8)14(25)26/h1-6H,(H,23,24)(H,25,26). The van der Waals surface area contributed by atoms with Gasteiger partial charge in [-0.25, -0.2) is 9.59 Å². The van der Waals surface area contributed by atoms with Crippen molar-refractivity contribution in [1.29, 1.82) is 0 Å². The largest absolute Gasteiger partial charge is 0.478 e. The number of rotatable bonds is 3. The molecule has 10 heteroatoms. The Morgan fingerprint density at radius 3 is 1.19 bits per heavy atom. The molecule has 0 aromatic heterocycles. The summed E-state index contributed by atoms with van der Waals surface area (Å²) in [5.41, 5.74) is -7.43. The molecule has 0 unspecified atom stereocenters. The molecule has 0 aliphatic rings. The van der Waals surface area contributed by atoms with Crippen LogP contribution in [0.4, 0.5) is 26.3 Å². The van der Waals surface area contributed by atoms with E-state index in [0.717, 1.165) is 24.3 Å². The molecule has 0 radical (unpaired) electrons. The van der Waals surface area contributed by atoms with Crippen molar-refractivity contribution in [3.05, 3.63) is 58.7 Å². The Labute approximate surface area is 141 Å². The van der Waals surface area contributed by atoms with Crippen molar-refractivity contribution in [2.75, 3.05) is 0 Å². The molecule has 0 fully saturated rings. The van der Waals surface area contributed by atoms with Crippen LogP contribution in [-0.2, 0) is 12.4 Å². The summed E-state index contributed by atoms with van der Waals surface area (Å²) in [5, 5.41) is 18.3. The van der Waals surface area contributed by atoms with Gasteiger partial charge in [0.15, 0.2) is 0 Å². The molecule has 0 aliphatic carbocycles. The molecule has 138 valence electrons. The number of hydrogen-bond donors (Lipinski definition) is 2. The first-order chi connectivity index (χ1) is 11.9. The van der Waals surface area contributed by atoms with E-state index in [-0.39, 0.29) is 0 Å². The van der Waals surface area contributed by atoms with E-state index in [1.165, 1.54) is 0 Å². The van der Waals surface area contributed by atoms with E-state index >= 15 is 0 Å². The zero-order chi connectivity index (χ0) is 19.9. The maximum atomic E-state index is 13.1. The van der Waals surface area contributed by atoms with Crippen molar-refractivity contribution in [2.45, 2.75) is 12.4 Å². The van der Waals surface area contributed by atoms with Gasteiger partial charge in [0.1, 0.15) is 0 Å². The molecule has 0 amide bonds. The van der Waals surface area contributed by atoms with Crippen LogP contribution < -0.4 is 0 Å². The van der Waals surface area contributed by atoms with Gasteiger partial charge in [-0.15, -0.1) is 0 Å². The molecule has 0 saturated carbocycles. The topological polar surface area (TPSA) is 74.6 Å². The molecule has 2 aromatic rings. The lowest BCUT2D eigenvalue weighted by atomic mass is 9.90. The summed E-state index contributed by atoms with van der Waals surface area (Å²) in [5.74, 6) is -4.11. The summed E-state index contributed by atoms with van der Waals surface area (Å²) in [4.78, 5) is 22.7. The van der Waals surface area contributed by atoms with Gasteiger partial charge < -0.3 is 10.2 Å². The fraction of sp³-hybridized carbons (Fsp3) is 0.125. The normalized spacial score (nSPS) is 12.1. The highest BCUT2D eigenvalue weighted by molar-refractivity contribution is 6.04. The highest BCUT2D eigenvalue weighted by Gasteiger charge is 2.39. The molecule has 2 rings (SSSR count). The molecule has 0 saturated heterocycles. The van der Waals surface area contributed by atoms with Gasteiger partial charge in [0, 0.05) is 0 Å². The van der Waals surface area contributed by atoms with E-state index in [1.807, 2.05) is 0 Å². The van der Waals surface area contributed by atoms with Crippen LogP contribution in [0.3, 0.4) is 0 Å². The lowest BCUT2D eigenvalue weighted by Gasteiger charge is -2.18. The van der Waals surface area contributed by atoms with E-state index in [2.05, 4.69) is 0 Å². The monoisotopic (exact) mass is 378 g/mol. The minimum absolute atomic E-state index is 0.445. The average molecular weight is 378 g/mol. The fourth-order valence-electron chi connectivity index (χ4n) is 2.49. The SMILES string of the molecule is O=C(O)c1c(-c2cccc(C(F)(F)F)c2C(=O)O)cccc1C(F)(F)F. The lowest BCUT2D eigenvalue weighted by molar-refractivity contribution is -0.138. The van der Waals surface area contributed by atoms with Gasteiger partial charge in [0.2, 0.25) is 0 Å². The zero-order valence-corrected chi connectivity index (χ0v) is 12.4. The third kappa shape index (κ3) is 3.48. The van der Waals surface area contributed by atoms with E-state index in [4.69, 9.17) is 10.2 Å². The summed E-state index contributed by atoms with van der Waals surface area (Å²) in [6.07, 6.45) is -10.2. The molecule has 0 aliphatic heterocycles. The number of carboxylic acids is 2. The molecule has 0 bridgehead atoms. The van der Waals surface area contributed by atoms with Crippen LogP contribution >= 0.6 is 0 Å². The summed E-state index contributed by atoms with van der Waals surface area (Å²) in [6.45, 7) is 0.